The zero-order valence-electron chi connectivity index (χ0n) is 12.3. The summed E-state index contributed by atoms with van der Waals surface area (Å²) < 4.78 is 26.9. The van der Waals surface area contributed by atoms with E-state index in [1.54, 1.807) is 6.07 Å². The zero-order valence-corrected chi connectivity index (χ0v) is 13.8. The van der Waals surface area contributed by atoms with Crippen LogP contribution in [0, 0.1) is 6.92 Å². The first-order valence-corrected chi connectivity index (χ1v) is 8.51. The summed E-state index contributed by atoms with van der Waals surface area (Å²) >= 11 is 6.02. The number of hydrogen-bond donors (Lipinski definition) is 1. The maximum absolute atomic E-state index is 12.2. The Hall–Kier alpha value is -1.69. The van der Waals surface area contributed by atoms with E-state index in [1.807, 2.05) is 19.1 Å². The zero-order chi connectivity index (χ0) is 16.3. The van der Waals surface area contributed by atoms with Crippen molar-refractivity contribution >= 4 is 27.4 Å². The second-order valence-electron chi connectivity index (χ2n) is 4.99. The summed E-state index contributed by atoms with van der Waals surface area (Å²) in [4.78, 5) is 11.3. The third-order valence-electron chi connectivity index (χ3n) is 3.27. The van der Waals surface area contributed by atoms with Gasteiger partial charge >= 0.3 is 0 Å². The van der Waals surface area contributed by atoms with Crippen LogP contribution in [0.2, 0.25) is 5.02 Å². The van der Waals surface area contributed by atoms with Gasteiger partial charge < -0.3 is 0 Å². The van der Waals surface area contributed by atoms with Crippen LogP contribution in [0.15, 0.2) is 47.4 Å². The Morgan fingerprint density at radius 2 is 1.77 bits per heavy atom. The van der Waals surface area contributed by atoms with Gasteiger partial charge in [-0.25, -0.2) is 13.1 Å². The van der Waals surface area contributed by atoms with Gasteiger partial charge in [-0.2, -0.15) is 0 Å². The van der Waals surface area contributed by atoms with Crippen LogP contribution in [0.25, 0.3) is 0 Å². The maximum Gasteiger partial charge on any atom is 0.240 e. The number of aryl methyl sites for hydroxylation is 1. The molecule has 0 saturated carbocycles. The fourth-order valence-electron chi connectivity index (χ4n) is 1.88. The van der Waals surface area contributed by atoms with Gasteiger partial charge in [0.1, 0.15) is 0 Å². The van der Waals surface area contributed by atoms with E-state index in [4.69, 9.17) is 11.6 Å². The van der Waals surface area contributed by atoms with Crippen LogP contribution in [-0.4, -0.2) is 14.2 Å². The van der Waals surface area contributed by atoms with E-state index < -0.39 is 10.0 Å². The number of Topliss-reactive ketones (excluding diaryl/α,β-unsaturated/α-hetero) is 1. The molecule has 116 valence electrons. The topological polar surface area (TPSA) is 63.2 Å². The summed E-state index contributed by atoms with van der Waals surface area (Å²) in [5.41, 5.74) is 2.19. The molecule has 0 unspecified atom stereocenters. The van der Waals surface area contributed by atoms with Gasteiger partial charge in [0.25, 0.3) is 0 Å². The normalized spacial score (nSPS) is 11.4. The largest absolute Gasteiger partial charge is 0.295 e. The fraction of sp³-hybridized carbons (Fsp3) is 0.188. The van der Waals surface area contributed by atoms with Gasteiger partial charge in [0.2, 0.25) is 10.0 Å². The van der Waals surface area contributed by atoms with Gasteiger partial charge in [-0.05, 0) is 43.2 Å². The molecule has 2 aromatic rings. The van der Waals surface area contributed by atoms with Crippen LogP contribution in [0.5, 0.6) is 0 Å². The second kappa shape index (κ2) is 6.60. The highest BCUT2D eigenvalue weighted by Gasteiger charge is 2.14. The Morgan fingerprint density at radius 1 is 1.14 bits per heavy atom. The number of carbonyl (C=O) groups is 1. The van der Waals surface area contributed by atoms with Crippen LogP contribution < -0.4 is 4.72 Å². The Bertz CT molecular complexity index is 799. The van der Waals surface area contributed by atoms with E-state index in [0.29, 0.717) is 10.6 Å². The average Bonchev–Trinajstić information content (AvgIpc) is 2.48. The minimum Gasteiger partial charge on any atom is -0.295 e. The third kappa shape index (κ3) is 3.94. The smallest absolute Gasteiger partial charge is 0.240 e. The van der Waals surface area contributed by atoms with Crippen molar-refractivity contribution in [3.8, 4) is 0 Å². The first-order valence-electron chi connectivity index (χ1n) is 6.65. The quantitative estimate of drug-likeness (QED) is 0.851. The predicted molar refractivity (Wildman–Crippen MR) is 86.7 cm³/mol. The fourth-order valence-corrected chi connectivity index (χ4v) is 3.10. The van der Waals surface area contributed by atoms with E-state index in [2.05, 4.69) is 4.72 Å². The summed E-state index contributed by atoms with van der Waals surface area (Å²) in [6.45, 7) is 3.46. The summed E-state index contributed by atoms with van der Waals surface area (Å²) in [7, 11) is -3.63. The van der Waals surface area contributed by atoms with Crippen molar-refractivity contribution in [3.05, 3.63) is 64.2 Å². The molecule has 0 aliphatic heterocycles. The van der Waals surface area contributed by atoms with Crippen molar-refractivity contribution in [1.29, 1.82) is 0 Å². The Morgan fingerprint density at radius 3 is 2.32 bits per heavy atom. The van der Waals surface area contributed by atoms with Crippen molar-refractivity contribution in [2.24, 2.45) is 0 Å². The van der Waals surface area contributed by atoms with Crippen LogP contribution in [0.1, 0.15) is 28.4 Å². The molecule has 6 heteroatoms. The Kier molecular flexibility index (Phi) is 5.01. The molecule has 2 rings (SSSR count). The highest BCUT2D eigenvalue weighted by atomic mass is 35.5. The Balaban J connectivity index is 2.13. The van der Waals surface area contributed by atoms with Gasteiger partial charge in [0.05, 0.1) is 4.90 Å². The van der Waals surface area contributed by atoms with Crippen molar-refractivity contribution in [2.45, 2.75) is 25.3 Å². The van der Waals surface area contributed by atoms with Gasteiger partial charge in [-0.15, -0.1) is 0 Å². The SMILES string of the molecule is CC(=O)c1ccc(S(=O)(=O)NCc2ccc(C)c(Cl)c2)cc1. The summed E-state index contributed by atoms with van der Waals surface area (Å²) in [6, 6.07) is 11.2. The van der Waals surface area contributed by atoms with E-state index in [9.17, 15) is 13.2 Å². The predicted octanol–water partition coefficient (Wildman–Crippen LogP) is 3.33. The van der Waals surface area contributed by atoms with E-state index in [-0.39, 0.29) is 17.2 Å². The van der Waals surface area contributed by atoms with Crippen LogP contribution in [0.3, 0.4) is 0 Å². The van der Waals surface area contributed by atoms with E-state index in [1.165, 1.54) is 31.2 Å². The highest BCUT2D eigenvalue weighted by Crippen LogP contribution is 2.17. The van der Waals surface area contributed by atoms with E-state index >= 15 is 0 Å². The molecule has 0 radical (unpaired) electrons. The van der Waals surface area contributed by atoms with Crippen LogP contribution >= 0.6 is 11.6 Å². The number of nitrogens with one attached hydrogen (secondary N) is 1. The Labute approximate surface area is 135 Å². The van der Waals surface area contributed by atoms with Crippen LogP contribution in [-0.2, 0) is 16.6 Å². The molecular formula is C16H16ClNO3S. The molecule has 0 spiro atoms. The first-order chi connectivity index (χ1) is 10.3. The molecule has 0 aliphatic rings. The number of rotatable bonds is 5. The lowest BCUT2D eigenvalue weighted by Crippen LogP contribution is -2.23. The summed E-state index contributed by atoms with van der Waals surface area (Å²) in [5.74, 6) is -0.105. The molecule has 0 heterocycles. The number of ketones is 1. The molecule has 1 N–H and O–H groups in total. The van der Waals surface area contributed by atoms with Crippen molar-refractivity contribution < 1.29 is 13.2 Å². The molecule has 0 aromatic heterocycles. The van der Waals surface area contributed by atoms with Gasteiger partial charge in [-0.1, -0.05) is 35.9 Å². The summed E-state index contributed by atoms with van der Waals surface area (Å²) in [6.07, 6.45) is 0. The lowest BCUT2D eigenvalue weighted by molar-refractivity contribution is 0.101. The third-order valence-corrected chi connectivity index (χ3v) is 5.10. The number of benzene rings is 2. The molecule has 2 aromatic carbocycles. The standard InChI is InChI=1S/C16H16ClNO3S/c1-11-3-4-13(9-16(11)17)10-18-22(20,21)15-7-5-14(6-8-15)12(2)19/h3-9,18H,10H2,1-2H3. The molecule has 0 amide bonds. The summed E-state index contributed by atoms with van der Waals surface area (Å²) in [5, 5.41) is 0.600. The minimum atomic E-state index is -3.63. The van der Waals surface area contributed by atoms with Crippen molar-refractivity contribution in [3.63, 3.8) is 0 Å². The average molecular weight is 338 g/mol. The number of carbonyl (C=O) groups excluding carboxylic acids is 1. The number of hydrogen-bond acceptors (Lipinski definition) is 3. The molecule has 0 saturated heterocycles. The lowest BCUT2D eigenvalue weighted by atomic mass is 10.1. The van der Waals surface area contributed by atoms with Crippen LogP contribution in [0.4, 0.5) is 0 Å². The molecule has 0 atom stereocenters. The molecule has 0 bridgehead atoms. The maximum atomic E-state index is 12.2. The first kappa shape index (κ1) is 16.7. The van der Waals surface area contributed by atoms with Gasteiger partial charge in [-0.3, -0.25) is 4.79 Å². The lowest BCUT2D eigenvalue weighted by Gasteiger charge is -2.08. The monoisotopic (exact) mass is 337 g/mol. The minimum absolute atomic E-state index is 0.105. The molecular weight excluding hydrogens is 322 g/mol. The molecule has 4 nitrogen and oxygen atoms in total. The second-order valence-corrected chi connectivity index (χ2v) is 7.16. The van der Waals surface area contributed by atoms with Crippen molar-refractivity contribution in [2.75, 3.05) is 0 Å². The van der Waals surface area contributed by atoms with E-state index in [0.717, 1.165) is 11.1 Å². The highest BCUT2D eigenvalue weighted by molar-refractivity contribution is 7.89. The number of sulfonamides is 1. The molecule has 0 fully saturated rings. The number of halogens is 1. The molecule has 22 heavy (non-hydrogen) atoms. The molecule has 0 aliphatic carbocycles. The van der Waals surface area contributed by atoms with Crippen molar-refractivity contribution in [1.82, 2.24) is 4.72 Å². The van der Waals surface area contributed by atoms with Gasteiger partial charge in [0.15, 0.2) is 5.78 Å². The van der Waals surface area contributed by atoms with Gasteiger partial charge in [0, 0.05) is 17.1 Å².